The molecule has 2 rings (SSSR count). The van der Waals surface area contributed by atoms with Gasteiger partial charge in [-0.3, -0.25) is 4.79 Å². The molecule has 116 valence electrons. The first-order valence-corrected chi connectivity index (χ1v) is 7.84. The molecule has 0 N–H and O–H groups in total. The quantitative estimate of drug-likeness (QED) is 0.833. The van der Waals surface area contributed by atoms with E-state index < -0.39 is 0 Å². The Labute approximate surface area is 127 Å². The van der Waals surface area contributed by atoms with E-state index in [0.29, 0.717) is 19.7 Å². The van der Waals surface area contributed by atoms with E-state index in [1.54, 1.807) is 0 Å². The zero-order valence-corrected chi connectivity index (χ0v) is 13.3. The summed E-state index contributed by atoms with van der Waals surface area (Å²) in [5.74, 6) is 0.114. The van der Waals surface area contributed by atoms with Crippen molar-refractivity contribution in [3.8, 4) is 0 Å². The van der Waals surface area contributed by atoms with E-state index in [0.717, 1.165) is 25.2 Å². The van der Waals surface area contributed by atoms with E-state index in [1.807, 2.05) is 36.1 Å². The average molecular weight is 290 g/mol. The van der Waals surface area contributed by atoms with Crippen LogP contribution in [0.3, 0.4) is 0 Å². The number of carbonyl (C=O) groups is 1. The predicted molar refractivity (Wildman–Crippen MR) is 84.6 cm³/mol. The van der Waals surface area contributed by atoms with Crippen molar-refractivity contribution in [1.29, 1.82) is 0 Å². The highest BCUT2D eigenvalue weighted by Gasteiger charge is 2.25. The molecule has 1 amide bonds. The van der Waals surface area contributed by atoms with Crippen molar-refractivity contribution < 1.29 is 9.53 Å². The highest BCUT2D eigenvalue weighted by Crippen LogP contribution is 2.12. The maximum atomic E-state index is 12.5. The molecule has 0 radical (unpaired) electrons. The number of amides is 1. The molecule has 21 heavy (non-hydrogen) atoms. The Bertz CT molecular complexity index is 454. The monoisotopic (exact) mass is 290 g/mol. The summed E-state index contributed by atoms with van der Waals surface area (Å²) in [5.41, 5.74) is 1.94. The number of nitrogens with zero attached hydrogens (tertiary/aromatic N) is 2. The third kappa shape index (κ3) is 4.29. The molecule has 1 aromatic rings. The second-order valence-electron chi connectivity index (χ2n) is 5.60. The van der Waals surface area contributed by atoms with Crippen LogP contribution in [0.1, 0.15) is 29.8 Å². The zero-order valence-electron chi connectivity index (χ0n) is 13.3. The Morgan fingerprint density at radius 2 is 1.95 bits per heavy atom. The smallest absolute Gasteiger partial charge is 0.254 e. The highest BCUT2D eigenvalue weighted by atomic mass is 16.5. The topological polar surface area (TPSA) is 32.8 Å². The van der Waals surface area contributed by atoms with Gasteiger partial charge in [0.15, 0.2) is 0 Å². The Hall–Kier alpha value is -1.39. The summed E-state index contributed by atoms with van der Waals surface area (Å²) in [6.45, 7) is 11.3. The van der Waals surface area contributed by atoms with Crippen molar-refractivity contribution in [3.05, 3.63) is 35.4 Å². The molecule has 0 spiro atoms. The number of benzene rings is 1. The molecule has 1 heterocycles. The van der Waals surface area contributed by atoms with Crippen LogP contribution in [0.2, 0.25) is 0 Å². The summed E-state index contributed by atoms with van der Waals surface area (Å²) >= 11 is 0. The van der Waals surface area contributed by atoms with Crippen molar-refractivity contribution in [2.75, 3.05) is 39.3 Å². The number of ether oxygens (including phenoxy) is 1. The lowest BCUT2D eigenvalue weighted by Gasteiger charge is -2.35. The van der Waals surface area contributed by atoms with Gasteiger partial charge in [0.1, 0.15) is 0 Å². The van der Waals surface area contributed by atoms with E-state index >= 15 is 0 Å². The molecule has 1 saturated heterocycles. The molecule has 4 nitrogen and oxygen atoms in total. The van der Waals surface area contributed by atoms with Gasteiger partial charge in [0.2, 0.25) is 0 Å². The maximum absolute atomic E-state index is 12.5. The van der Waals surface area contributed by atoms with E-state index in [4.69, 9.17) is 4.74 Å². The third-order valence-corrected chi connectivity index (χ3v) is 4.08. The largest absolute Gasteiger partial charge is 0.373 e. The van der Waals surface area contributed by atoms with Gasteiger partial charge in [-0.25, -0.2) is 0 Å². The number of hydrogen-bond donors (Lipinski definition) is 0. The van der Waals surface area contributed by atoms with Crippen LogP contribution in [0.15, 0.2) is 24.3 Å². The molecule has 0 saturated carbocycles. The van der Waals surface area contributed by atoms with Crippen molar-refractivity contribution in [3.63, 3.8) is 0 Å². The minimum Gasteiger partial charge on any atom is -0.373 e. The molecule has 1 fully saturated rings. The van der Waals surface area contributed by atoms with Crippen LogP contribution in [-0.4, -0.2) is 61.1 Å². The summed E-state index contributed by atoms with van der Waals surface area (Å²) in [6, 6.07) is 7.79. The lowest BCUT2D eigenvalue weighted by atomic mass is 10.1. The summed E-state index contributed by atoms with van der Waals surface area (Å²) in [6.07, 6.45) is 0.119. The normalized spacial score (nSPS) is 19.0. The van der Waals surface area contributed by atoms with Crippen LogP contribution in [0.4, 0.5) is 0 Å². The number of carbonyl (C=O) groups excluding carboxylic acids is 1. The van der Waals surface area contributed by atoms with Crippen molar-refractivity contribution in [2.24, 2.45) is 0 Å². The van der Waals surface area contributed by atoms with Gasteiger partial charge in [0, 0.05) is 25.2 Å². The van der Waals surface area contributed by atoms with Gasteiger partial charge in [-0.05, 0) is 32.1 Å². The maximum Gasteiger partial charge on any atom is 0.254 e. The molecule has 0 aliphatic carbocycles. The Morgan fingerprint density at radius 1 is 1.29 bits per heavy atom. The SMILES string of the molecule is CCN(CC)CC1CN(C(=O)c2ccc(C)cc2)CCO1. The third-order valence-electron chi connectivity index (χ3n) is 4.08. The molecule has 4 heteroatoms. The molecular weight excluding hydrogens is 264 g/mol. The fraction of sp³-hybridized carbons (Fsp3) is 0.588. The average Bonchev–Trinajstić information content (AvgIpc) is 2.53. The minimum absolute atomic E-state index is 0.114. The molecule has 0 bridgehead atoms. The molecule has 0 aromatic heterocycles. The summed E-state index contributed by atoms with van der Waals surface area (Å²) in [5, 5.41) is 0. The van der Waals surface area contributed by atoms with Crippen molar-refractivity contribution in [1.82, 2.24) is 9.80 Å². The lowest BCUT2D eigenvalue weighted by Crippen LogP contribution is -2.49. The first-order chi connectivity index (χ1) is 10.1. The van der Waals surface area contributed by atoms with E-state index in [-0.39, 0.29) is 12.0 Å². The number of aryl methyl sites for hydroxylation is 1. The fourth-order valence-corrected chi connectivity index (χ4v) is 2.66. The molecule has 1 atom stereocenters. The first-order valence-electron chi connectivity index (χ1n) is 7.84. The van der Waals surface area contributed by atoms with Gasteiger partial charge in [-0.1, -0.05) is 31.5 Å². The van der Waals surface area contributed by atoms with Gasteiger partial charge < -0.3 is 14.5 Å². The first kappa shape index (κ1) is 16.0. The molecule has 1 aliphatic rings. The minimum atomic E-state index is 0.114. The van der Waals surface area contributed by atoms with Gasteiger partial charge in [0.25, 0.3) is 5.91 Å². The van der Waals surface area contributed by atoms with Crippen LogP contribution < -0.4 is 0 Å². The highest BCUT2D eigenvalue weighted by molar-refractivity contribution is 5.94. The van der Waals surface area contributed by atoms with Crippen LogP contribution in [0, 0.1) is 6.92 Å². The van der Waals surface area contributed by atoms with Crippen molar-refractivity contribution >= 4 is 5.91 Å². The fourth-order valence-electron chi connectivity index (χ4n) is 2.66. The predicted octanol–water partition coefficient (Wildman–Crippen LogP) is 2.18. The second kappa shape index (κ2) is 7.57. The van der Waals surface area contributed by atoms with Gasteiger partial charge in [-0.15, -0.1) is 0 Å². The number of likely N-dealkylation sites (N-methyl/N-ethyl adjacent to an activating group) is 1. The summed E-state index contributed by atoms with van der Waals surface area (Å²) in [7, 11) is 0. The number of hydrogen-bond acceptors (Lipinski definition) is 3. The van der Waals surface area contributed by atoms with Crippen molar-refractivity contribution in [2.45, 2.75) is 26.9 Å². The van der Waals surface area contributed by atoms with Crippen LogP contribution in [0.5, 0.6) is 0 Å². The van der Waals surface area contributed by atoms with Crippen LogP contribution in [0.25, 0.3) is 0 Å². The van der Waals surface area contributed by atoms with Crippen LogP contribution >= 0.6 is 0 Å². The number of morpholine rings is 1. The molecule has 1 aliphatic heterocycles. The Kier molecular flexibility index (Phi) is 5.76. The Balaban J connectivity index is 1.97. The van der Waals surface area contributed by atoms with E-state index in [9.17, 15) is 4.79 Å². The summed E-state index contributed by atoms with van der Waals surface area (Å²) in [4.78, 5) is 16.8. The number of rotatable bonds is 5. The molecule has 1 unspecified atom stereocenters. The lowest BCUT2D eigenvalue weighted by molar-refractivity contribution is -0.0347. The second-order valence-corrected chi connectivity index (χ2v) is 5.60. The molecule has 1 aromatic carbocycles. The Morgan fingerprint density at radius 3 is 2.57 bits per heavy atom. The standard InChI is InChI=1S/C17H26N2O2/c1-4-18(5-2)12-16-13-19(10-11-21-16)17(20)15-8-6-14(3)7-9-15/h6-9,16H,4-5,10-13H2,1-3H3. The van der Waals surface area contributed by atoms with E-state index in [1.165, 1.54) is 5.56 Å². The van der Waals surface area contributed by atoms with Gasteiger partial charge >= 0.3 is 0 Å². The van der Waals surface area contributed by atoms with Crippen LogP contribution in [-0.2, 0) is 4.74 Å². The van der Waals surface area contributed by atoms with Gasteiger partial charge in [0.05, 0.1) is 12.7 Å². The van der Waals surface area contributed by atoms with Gasteiger partial charge in [-0.2, -0.15) is 0 Å². The summed E-state index contributed by atoms with van der Waals surface area (Å²) < 4.78 is 5.81. The zero-order chi connectivity index (χ0) is 15.2. The van der Waals surface area contributed by atoms with E-state index in [2.05, 4.69) is 18.7 Å². The molecular formula is C17H26N2O2.